The average molecular weight is 293 g/mol. The summed E-state index contributed by atoms with van der Waals surface area (Å²) in [6, 6.07) is 5.82. The van der Waals surface area contributed by atoms with Gasteiger partial charge in [-0.15, -0.1) is 0 Å². The zero-order valence-corrected chi connectivity index (χ0v) is 12.2. The first-order valence-corrected chi connectivity index (χ1v) is 7.79. The summed E-state index contributed by atoms with van der Waals surface area (Å²) in [7, 11) is -1.79. The first-order chi connectivity index (χ1) is 9.18. The van der Waals surface area contributed by atoms with E-state index >= 15 is 0 Å². The van der Waals surface area contributed by atoms with Crippen molar-refractivity contribution in [3.05, 3.63) is 46.4 Å². The van der Waals surface area contributed by atoms with E-state index in [2.05, 4.69) is 0 Å². The van der Waals surface area contributed by atoms with Gasteiger partial charge in [0.15, 0.2) is 9.84 Å². The molecule has 106 valence electrons. The van der Waals surface area contributed by atoms with Crippen molar-refractivity contribution in [3.8, 4) is 16.9 Å². The first-order valence-electron chi connectivity index (χ1n) is 5.90. The molecule has 0 amide bonds. The molecule has 6 heteroatoms. The zero-order valence-electron chi connectivity index (χ0n) is 11.4. The molecule has 0 spiro atoms. The van der Waals surface area contributed by atoms with Crippen LogP contribution in [-0.2, 0) is 16.9 Å². The minimum atomic E-state index is -3.41. The third-order valence-corrected chi connectivity index (χ3v) is 4.11. The van der Waals surface area contributed by atoms with Gasteiger partial charge >= 0.3 is 0 Å². The summed E-state index contributed by atoms with van der Waals surface area (Å²) >= 11 is 0. The van der Waals surface area contributed by atoms with Gasteiger partial charge in [-0.2, -0.15) is 0 Å². The smallest absolute Gasteiger partial charge is 0.253 e. The zero-order chi connectivity index (χ0) is 15.1. The molecule has 0 fully saturated rings. The Labute approximate surface area is 117 Å². The maximum absolute atomic E-state index is 11.7. The molecule has 0 aliphatic rings. The second-order valence-electron chi connectivity index (χ2n) is 4.82. The minimum absolute atomic E-state index is 0.0407. The summed E-state index contributed by atoms with van der Waals surface area (Å²) in [5.41, 5.74) is 1.65. The number of aromatic nitrogens is 1. The van der Waals surface area contributed by atoms with E-state index in [0.29, 0.717) is 16.7 Å². The number of phenolic OH excluding ortho intramolecular Hbond substituents is 1. The van der Waals surface area contributed by atoms with Crippen LogP contribution in [0.1, 0.15) is 5.56 Å². The van der Waals surface area contributed by atoms with Crippen molar-refractivity contribution in [2.75, 3.05) is 6.26 Å². The highest BCUT2D eigenvalue weighted by Gasteiger charge is 2.12. The van der Waals surface area contributed by atoms with Gasteiger partial charge in [0.25, 0.3) is 5.56 Å². The third kappa shape index (κ3) is 2.75. The van der Waals surface area contributed by atoms with Crippen LogP contribution in [0, 0.1) is 6.92 Å². The Bertz CT molecular complexity index is 808. The SMILES string of the molecule is Cc1cc(-c2cc(O)cc(S(C)(=O)=O)c2)cn(C)c1=O. The summed E-state index contributed by atoms with van der Waals surface area (Å²) in [5.74, 6) is -0.130. The molecule has 5 nitrogen and oxygen atoms in total. The summed E-state index contributed by atoms with van der Waals surface area (Å²) in [5, 5.41) is 9.68. The van der Waals surface area contributed by atoms with E-state index in [9.17, 15) is 18.3 Å². The van der Waals surface area contributed by atoms with Gasteiger partial charge in [0.2, 0.25) is 0 Å². The quantitative estimate of drug-likeness (QED) is 0.909. The van der Waals surface area contributed by atoms with Crippen LogP contribution < -0.4 is 5.56 Å². The molecule has 2 aromatic rings. The predicted molar refractivity (Wildman–Crippen MR) is 76.6 cm³/mol. The second-order valence-corrected chi connectivity index (χ2v) is 6.83. The van der Waals surface area contributed by atoms with E-state index in [0.717, 1.165) is 6.26 Å². The van der Waals surface area contributed by atoms with E-state index in [1.54, 1.807) is 26.2 Å². The van der Waals surface area contributed by atoms with Crippen molar-refractivity contribution in [3.63, 3.8) is 0 Å². The average Bonchev–Trinajstić information content (AvgIpc) is 2.33. The van der Waals surface area contributed by atoms with Crippen molar-refractivity contribution in [1.29, 1.82) is 0 Å². The molecule has 0 saturated carbocycles. The number of hydrogen-bond donors (Lipinski definition) is 1. The minimum Gasteiger partial charge on any atom is -0.508 e. The van der Waals surface area contributed by atoms with E-state index in [1.165, 1.54) is 22.8 Å². The van der Waals surface area contributed by atoms with Gasteiger partial charge in [-0.25, -0.2) is 8.42 Å². The van der Waals surface area contributed by atoms with Gasteiger partial charge in [0, 0.05) is 25.1 Å². The number of aromatic hydroxyl groups is 1. The predicted octanol–water partition coefficient (Wildman–Crippen LogP) is 1.47. The number of rotatable bonds is 2. The number of phenols is 1. The number of aryl methyl sites for hydroxylation is 2. The maximum Gasteiger partial charge on any atom is 0.253 e. The molecule has 1 aromatic carbocycles. The Balaban J connectivity index is 2.71. The van der Waals surface area contributed by atoms with E-state index in [-0.39, 0.29) is 16.2 Å². The molecule has 2 rings (SSSR count). The fourth-order valence-corrected chi connectivity index (χ4v) is 2.68. The number of pyridine rings is 1. The summed E-state index contributed by atoms with van der Waals surface area (Å²) in [6.07, 6.45) is 2.69. The molecule has 0 bridgehead atoms. The molecule has 1 aromatic heterocycles. The summed E-state index contributed by atoms with van der Waals surface area (Å²) < 4.78 is 24.6. The number of benzene rings is 1. The van der Waals surface area contributed by atoms with Gasteiger partial charge in [-0.3, -0.25) is 4.79 Å². The molecule has 0 atom stereocenters. The van der Waals surface area contributed by atoms with Crippen LogP contribution in [0.15, 0.2) is 40.2 Å². The normalized spacial score (nSPS) is 11.6. The van der Waals surface area contributed by atoms with Gasteiger partial charge in [0.1, 0.15) is 5.75 Å². The van der Waals surface area contributed by atoms with Crippen LogP contribution in [-0.4, -0.2) is 24.3 Å². The molecule has 1 N–H and O–H groups in total. The maximum atomic E-state index is 11.7. The molecule has 0 saturated heterocycles. The molecule has 20 heavy (non-hydrogen) atoms. The molecule has 0 aliphatic carbocycles. The van der Waals surface area contributed by atoms with Gasteiger partial charge in [-0.1, -0.05) is 0 Å². The number of nitrogens with zero attached hydrogens (tertiary/aromatic N) is 1. The number of sulfone groups is 1. The van der Waals surface area contributed by atoms with Gasteiger partial charge in [0.05, 0.1) is 4.90 Å². The summed E-state index contributed by atoms with van der Waals surface area (Å²) in [6.45, 7) is 1.69. The lowest BCUT2D eigenvalue weighted by Gasteiger charge is -2.09. The molecule has 0 unspecified atom stereocenters. The first kappa shape index (κ1) is 14.3. The van der Waals surface area contributed by atoms with Crippen LogP contribution in [0.2, 0.25) is 0 Å². The summed E-state index contributed by atoms with van der Waals surface area (Å²) in [4.78, 5) is 11.7. The Morgan fingerprint density at radius 2 is 1.75 bits per heavy atom. The van der Waals surface area contributed by atoms with E-state index in [1.807, 2.05) is 0 Å². The Morgan fingerprint density at radius 1 is 1.10 bits per heavy atom. The molecule has 0 radical (unpaired) electrons. The molecule has 0 aliphatic heterocycles. The van der Waals surface area contributed by atoms with Gasteiger partial charge in [-0.05, 0) is 42.3 Å². The van der Waals surface area contributed by atoms with Crippen molar-refractivity contribution in [2.45, 2.75) is 11.8 Å². The monoisotopic (exact) mass is 293 g/mol. The Kier molecular flexibility index (Phi) is 3.43. The van der Waals surface area contributed by atoms with E-state index in [4.69, 9.17) is 0 Å². The van der Waals surface area contributed by atoms with Crippen LogP contribution in [0.25, 0.3) is 11.1 Å². The van der Waals surface area contributed by atoms with Crippen LogP contribution in [0.5, 0.6) is 5.75 Å². The largest absolute Gasteiger partial charge is 0.508 e. The topological polar surface area (TPSA) is 76.4 Å². The van der Waals surface area contributed by atoms with Crippen molar-refractivity contribution < 1.29 is 13.5 Å². The standard InChI is InChI=1S/C14H15NO4S/c1-9-4-11(8-15(2)14(9)17)10-5-12(16)7-13(6-10)20(3,18)19/h4-8,16H,1-3H3. The Hall–Kier alpha value is -2.08. The Morgan fingerprint density at radius 3 is 2.30 bits per heavy atom. The highest BCUT2D eigenvalue weighted by atomic mass is 32.2. The fourth-order valence-electron chi connectivity index (χ4n) is 2.00. The fraction of sp³-hybridized carbons (Fsp3) is 0.214. The van der Waals surface area contributed by atoms with Crippen LogP contribution in [0.4, 0.5) is 0 Å². The van der Waals surface area contributed by atoms with Crippen LogP contribution in [0.3, 0.4) is 0 Å². The lowest BCUT2D eigenvalue weighted by atomic mass is 10.1. The lowest BCUT2D eigenvalue weighted by Crippen LogP contribution is -2.18. The highest BCUT2D eigenvalue weighted by Crippen LogP contribution is 2.27. The van der Waals surface area contributed by atoms with Gasteiger partial charge < -0.3 is 9.67 Å². The van der Waals surface area contributed by atoms with Crippen molar-refractivity contribution in [1.82, 2.24) is 4.57 Å². The number of hydrogen-bond acceptors (Lipinski definition) is 4. The molecular weight excluding hydrogens is 278 g/mol. The van der Waals surface area contributed by atoms with Crippen molar-refractivity contribution in [2.24, 2.45) is 7.05 Å². The van der Waals surface area contributed by atoms with Crippen LogP contribution >= 0.6 is 0 Å². The molecule has 1 heterocycles. The highest BCUT2D eigenvalue weighted by molar-refractivity contribution is 7.90. The molecular formula is C14H15NO4S. The third-order valence-electron chi connectivity index (χ3n) is 3.02. The van der Waals surface area contributed by atoms with Crippen molar-refractivity contribution >= 4 is 9.84 Å². The lowest BCUT2D eigenvalue weighted by molar-refractivity contribution is 0.473. The second kappa shape index (κ2) is 4.79. The van der Waals surface area contributed by atoms with E-state index < -0.39 is 9.84 Å².